The fourth-order valence-corrected chi connectivity index (χ4v) is 2.76. The van der Waals surface area contributed by atoms with E-state index in [1.165, 1.54) is 0 Å². The van der Waals surface area contributed by atoms with Gasteiger partial charge in [0.1, 0.15) is 8.07 Å². The maximum Gasteiger partial charge on any atom is 0.165 e. The number of hydrogen-bond donors (Lipinski definition) is 1. The highest BCUT2D eigenvalue weighted by molar-refractivity contribution is 6.83. The molecule has 1 fully saturated rings. The largest absolute Gasteiger partial charge is 0.393 e. The average Bonchev–Trinajstić information content (AvgIpc) is 2.71. The molecule has 0 spiro atoms. The molecule has 20 heavy (non-hydrogen) atoms. The van der Waals surface area contributed by atoms with Gasteiger partial charge in [-0.1, -0.05) is 33.5 Å². The van der Waals surface area contributed by atoms with Gasteiger partial charge in [0.25, 0.3) is 0 Å². The highest BCUT2D eigenvalue weighted by Gasteiger charge is 2.34. The number of aliphatic hydroxyl groups is 1. The normalized spacial score (nSPS) is 20.4. The van der Waals surface area contributed by atoms with Crippen LogP contribution in [0.4, 0.5) is 0 Å². The second-order valence-electron chi connectivity index (χ2n) is 7.60. The van der Waals surface area contributed by atoms with E-state index in [9.17, 15) is 5.11 Å². The molecule has 1 aliphatic rings. The molecule has 0 amide bonds. The molecular weight excluding hydrogens is 268 g/mol. The van der Waals surface area contributed by atoms with Gasteiger partial charge in [0, 0.05) is 18.3 Å². The van der Waals surface area contributed by atoms with Crippen molar-refractivity contribution in [1.29, 1.82) is 0 Å². The van der Waals surface area contributed by atoms with Crippen LogP contribution in [0, 0.1) is 16.9 Å². The van der Waals surface area contributed by atoms with Crippen molar-refractivity contribution in [2.24, 2.45) is 5.41 Å². The molecule has 116 valence electrons. The van der Waals surface area contributed by atoms with E-state index in [0.717, 1.165) is 12.8 Å². The standard InChI is InChI=1S/C16H30O3Si/c1-15(2,9-7-13-20(4,5)6)14(17)8-10-16(3)18-11-12-19-16/h14,17H,8-12H2,1-6H3. The van der Waals surface area contributed by atoms with Crippen LogP contribution in [0.3, 0.4) is 0 Å². The zero-order valence-electron chi connectivity index (χ0n) is 13.9. The van der Waals surface area contributed by atoms with Gasteiger partial charge in [0.2, 0.25) is 0 Å². The predicted octanol–water partition coefficient (Wildman–Crippen LogP) is 3.19. The minimum absolute atomic E-state index is 0.193. The van der Waals surface area contributed by atoms with Gasteiger partial charge < -0.3 is 14.6 Å². The maximum absolute atomic E-state index is 10.4. The lowest BCUT2D eigenvalue weighted by molar-refractivity contribution is -0.153. The lowest BCUT2D eigenvalue weighted by Gasteiger charge is -2.31. The first kappa shape index (κ1) is 17.7. The molecule has 1 aliphatic heterocycles. The first-order valence-corrected chi connectivity index (χ1v) is 11.0. The lowest BCUT2D eigenvalue weighted by atomic mass is 9.81. The van der Waals surface area contributed by atoms with Crippen LogP contribution in [-0.4, -0.2) is 38.3 Å². The molecule has 1 rings (SSSR count). The van der Waals surface area contributed by atoms with E-state index in [0.29, 0.717) is 19.6 Å². The van der Waals surface area contributed by atoms with Crippen LogP contribution in [-0.2, 0) is 9.47 Å². The van der Waals surface area contributed by atoms with Crippen LogP contribution in [0.5, 0.6) is 0 Å². The molecule has 4 heteroatoms. The molecular formula is C16H30O3Si. The summed E-state index contributed by atoms with van der Waals surface area (Å²) >= 11 is 0. The van der Waals surface area contributed by atoms with Gasteiger partial charge in [-0.3, -0.25) is 0 Å². The minimum Gasteiger partial charge on any atom is -0.393 e. The Kier molecular flexibility index (Phi) is 5.86. The molecule has 1 N–H and O–H groups in total. The second-order valence-corrected chi connectivity index (χ2v) is 12.4. The van der Waals surface area contributed by atoms with E-state index in [1.807, 2.05) is 6.92 Å². The summed E-state index contributed by atoms with van der Waals surface area (Å²) in [5.41, 5.74) is 3.17. The molecule has 0 aliphatic carbocycles. The third-order valence-corrected chi connectivity index (χ3v) is 4.61. The van der Waals surface area contributed by atoms with Gasteiger partial charge >= 0.3 is 0 Å². The topological polar surface area (TPSA) is 38.7 Å². The van der Waals surface area contributed by atoms with Gasteiger partial charge in [0.05, 0.1) is 19.3 Å². The Morgan fingerprint density at radius 2 is 1.80 bits per heavy atom. The highest BCUT2D eigenvalue weighted by atomic mass is 28.3. The van der Waals surface area contributed by atoms with Crippen LogP contribution in [0.25, 0.3) is 0 Å². The van der Waals surface area contributed by atoms with Crippen molar-refractivity contribution < 1.29 is 14.6 Å². The van der Waals surface area contributed by atoms with Gasteiger partial charge in [-0.15, -0.1) is 11.5 Å². The lowest BCUT2D eigenvalue weighted by Crippen LogP contribution is -2.33. The minimum atomic E-state index is -1.33. The summed E-state index contributed by atoms with van der Waals surface area (Å²) in [6.07, 6.45) is 1.75. The van der Waals surface area contributed by atoms with Crippen molar-refractivity contribution in [1.82, 2.24) is 0 Å². The maximum atomic E-state index is 10.4. The highest BCUT2D eigenvalue weighted by Crippen LogP contribution is 2.32. The summed E-state index contributed by atoms with van der Waals surface area (Å²) in [6.45, 7) is 14.1. The summed E-state index contributed by atoms with van der Waals surface area (Å²) in [7, 11) is -1.33. The van der Waals surface area contributed by atoms with Gasteiger partial charge in [-0.2, -0.15) is 0 Å². The number of hydrogen-bond acceptors (Lipinski definition) is 3. The van der Waals surface area contributed by atoms with Crippen molar-refractivity contribution in [3.63, 3.8) is 0 Å². The second kappa shape index (κ2) is 6.61. The van der Waals surface area contributed by atoms with Crippen LogP contribution in [0.15, 0.2) is 0 Å². The Morgan fingerprint density at radius 1 is 1.25 bits per heavy atom. The fraction of sp³-hybridized carbons (Fsp3) is 0.875. The quantitative estimate of drug-likeness (QED) is 0.626. The Bertz CT molecular complexity index is 367. The Labute approximate surface area is 125 Å². The molecule has 1 unspecified atom stereocenters. The molecule has 0 aromatic carbocycles. The SMILES string of the molecule is CC1(CCC(O)C(C)(C)CC#C[Si](C)(C)C)OCCO1. The fourth-order valence-electron chi connectivity index (χ4n) is 2.15. The van der Waals surface area contributed by atoms with E-state index in [-0.39, 0.29) is 11.5 Å². The van der Waals surface area contributed by atoms with Gasteiger partial charge in [0.15, 0.2) is 5.79 Å². The zero-order valence-corrected chi connectivity index (χ0v) is 14.9. The molecule has 0 aromatic rings. The summed E-state index contributed by atoms with van der Waals surface area (Å²) in [4.78, 5) is 0. The molecule has 3 nitrogen and oxygen atoms in total. The Hall–Kier alpha value is -0.343. The van der Waals surface area contributed by atoms with Crippen molar-refractivity contribution in [2.75, 3.05) is 13.2 Å². The Balaban J connectivity index is 2.47. The monoisotopic (exact) mass is 298 g/mol. The van der Waals surface area contributed by atoms with Crippen molar-refractivity contribution in [2.45, 2.75) is 71.6 Å². The number of rotatable bonds is 5. The third-order valence-electron chi connectivity index (χ3n) is 3.68. The van der Waals surface area contributed by atoms with E-state index >= 15 is 0 Å². The van der Waals surface area contributed by atoms with Crippen LogP contribution in [0.1, 0.15) is 40.0 Å². The summed E-state index contributed by atoms with van der Waals surface area (Å²) < 4.78 is 11.1. The van der Waals surface area contributed by atoms with E-state index in [4.69, 9.17) is 9.47 Å². The molecule has 0 bridgehead atoms. The summed E-state index contributed by atoms with van der Waals surface area (Å²) in [5, 5.41) is 10.4. The van der Waals surface area contributed by atoms with Crippen molar-refractivity contribution in [3.8, 4) is 11.5 Å². The van der Waals surface area contributed by atoms with Crippen LogP contribution >= 0.6 is 0 Å². The van der Waals surface area contributed by atoms with E-state index in [2.05, 4.69) is 45.0 Å². The molecule has 1 heterocycles. The molecule has 0 aromatic heterocycles. The summed E-state index contributed by atoms with van der Waals surface area (Å²) in [6, 6.07) is 0. The number of aliphatic hydroxyl groups excluding tert-OH is 1. The average molecular weight is 298 g/mol. The van der Waals surface area contributed by atoms with E-state index in [1.54, 1.807) is 0 Å². The zero-order chi connectivity index (χ0) is 15.4. The first-order chi connectivity index (χ1) is 9.04. The van der Waals surface area contributed by atoms with Crippen molar-refractivity contribution >= 4 is 8.07 Å². The van der Waals surface area contributed by atoms with Crippen LogP contribution < -0.4 is 0 Å². The van der Waals surface area contributed by atoms with Gasteiger partial charge in [-0.05, 0) is 13.3 Å². The van der Waals surface area contributed by atoms with Crippen LogP contribution in [0.2, 0.25) is 19.6 Å². The summed E-state index contributed by atoms with van der Waals surface area (Å²) in [5.74, 6) is 2.76. The molecule has 1 atom stereocenters. The van der Waals surface area contributed by atoms with Crippen molar-refractivity contribution in [3.05, 3.63) is 0 Å². The molecule has 0 saturated carbocycles. The van der Waals surface area contributed by atoms with E-state index < -0.39 is 13.9 Å². The predicted molar refractivity (Wildman–Crippen MR) is 85.1 cm³/mol. The first-order valence-electron chi connectivity index (χ1n) is 7.50. The number of ether oxygens (including phenoxy) is 2. The molecule has 0 radical (unpaired) electrons. The smallest absolute Gasteiger partial charge is 0.165 e. The third kappa shape index (κ3) is 5.97. The molecule has 1 saturated heterocycles. The van der Waals surface area contributed by atoms with Gasteiger partial charge in [-0.25, -0.2) is 0 Å². The Morgan fingerprint density at radius 3 is 2.30 bits per heavy atom.